The first-order valence-corrected chi connectivity index (χ1v) is 21.6. The predicted molar refractivity (Wildman–Crippen MR) is 185 cm³/mol. The molecule has 2 unspecified atom stereocenters. The van der Waals surface area contributed by atoms with Crippen molar-refractivity contribution in [3.8, 4) is 0 Å². The van der Waals surface area contributed by atoms with Crippen LogP contribution >= 0.6 is 15.8 Å². The van der Waals surface area contributed by atoms with Crippen LogP contribution < -0.4 is 5.30 Å². The Morgan fingerprint density at radius 1 is 0.561 bits per heavy atom. The second kappa shape index (κ2) is 15.4. The van der Waals surface area contributed by atoms with Crippen LogP contribution in [-0.2, 0) is 0 Å². The zero-order chi connectivity index (χ0) is 28.0. The van der Waals surface area contributed by atoms with Gasteiger partial charge in [0.1, 0.15) is 0 Å². The molecule has 1 nitrogen and oxygen atoms in total. The highest BCUT2D eigenvalue weighted by atomic mass is 31.1. The Morgan fingerprint density at radius 2 is 1.05 bits per heavy atom. The van der Waals surface area contributed by atoms with Crippen LogP contribution in [0, 0.1) is 5.92 Å². The molecule has 0 spiro atoms. The molecule has 0 aromatic heterocycles. The molecule has 1 aromatic carbocycles. The molecule has 0 N–H and O–H groups in total. The number of nitrogens with zero attached hydrogens (tertiary/aromatic N) is 1. The van der Waals surface area contributed by atoms with Crippen LogP contribution in [-0.4, -0.2) is 47.3 Å². The smallest absolute Gasteiger partial charge is 0.0376 e. The van der Waals surface area contributed by atoms with E-state index in [2.05, 4.69) is 43.3 Å². The summed E-state index contributed by atoms with van der Waals surface area (Å²) in [6, 6.07) is 11.1. The minimum absolute atomic E-state index is 0.0231. The van der Waals surface area contributed by atoms with E-state index in [0.717, 1.165) is 34.2 Å². The maximum Gasteiger partial charge on any atom is 0.0376 e. The summed E-state index contributed by atoms with van der Waals surface area (Å²) in [5.41, 5.74) is 6.90. The summed E-state index contributed by atoms with van der Waals surface area (Å²) in [7, 11) is 4.99. The van der Waals surface area contributed by atoms with Crippen LogP contribution in [0.1, 0.15) is 159 Å². The van der Waals surface area contributed by atoms with Gasteiger partial charge in [0, 0.05) is 6.04 Å². The van der Waals surface area contributed by atoms with Crippen molar-refractivity contribution in [1.82, 2.24) is 4.90 Å². The zero-order valence-electron chi connectivity index (χ0n) is 27.0. The maximum atomic E-state index is 2.82. The lowest BCUT2D eigenvalue weighted by atomic mass is 9.90. The molecule has 41 heavy (non-hydrogen) atoms. The monoisotopic (exact) mass is 595 g/mol. The van der Waals surface area contributed by atoms with Crippen LogP contribution in [0.5, 0.6) is 0 Å². The van der Waals surface area contributed by atoms with Gasteiger partial charge in [-0.3, -0.25) is 0 Å². The third kappa shape index (κ3) is 7.48. The maximum absolute atomic E-state index is 2.82. The van der Waals surface area contributed by atoms with Crippen LogP contribution in [0.15, 0.2) is 24.3 Å². The fourth-order valence-electron chi connectivity index (χ4n) is 10.5. The van der Waals surface area contributed by atoms with Gasteiger partial charge in [-0.05, 0) is 129 Å². The minimum Gasteiger partial charge on any atom is -0.302 e. The highest BCUT2D eigenvalue weighted by molar-refractivity contribution is 7.67. The van der Waals surface area contributed by atoms with E-state index in [4.69, 9.17) is 0 Å². The van der Waals surface area contributed by atoms with Gasteiger partial charge in [0.2, 0.25) is 0 Å². The summed E-state index contributed by atoms with van der Waals surface area (Å²) in [5, 5.41) is 1.81. The normalized spacial score (nSPS) is 29.1. The van der Waals surface area contributed by atoms with Crippen molar-refractivity contribution < 1.29 is 0 Å². The summed E-state index contributed by atoms with van der Waals surface area (Å²) >= 11 is 0. The molecular weight excluding hydrogens is 532 g/mol. The average Bonchev–Trinajstić information content (AvgIpc) is 3.48. The number of rotatable bonds is 9. The largest absolute Gasteiger partial charge is 0.302 e. The first kappa shape index (κ1) is 31.0. The standard InChI is InChI=1S/C38H63NP2/c1-39(2)38(36-27-16-28-37(36)41(33-22-11-5-12-23-33)34-24-13-6-14-25-34)30-17-15-26-35(29-30)40(31-18-7-3-8-19-31)32-20-9-4-10-21-32/h15,17,26,29,31-34,36-38H,3-14,16,18-25,27-28H2,1-2H3/t36?,37?,38-/m0/s1. The Morgan fingerprint density at radius 3 is 1.54 bits per heavy atom. The number of benzene rings is 1. The van der Waals surface area contributed by atoms with E-state index in [-0.39, 0.29) is 15.8 Å². The number of hydrogen-bond acceptors (Lipinski definition) is 1. The summed E-state index contributed by atoms with van der Waals surface area (Å²) in [5.74, 6) is 0.880. The molecule has 5 aliphatic carbocycles. The quantitative estimate of drug-likeness (QED) is 0.257. The lowest BCUT2D eigenvalue weighted by Crippen LogP contribution is -2.35. The van der Waals surface area contributed by atoms with Gasteiger partial charge in [-0.2, -0.15) is 0 Å². The molecule has 3 atom stereocenters. The van der Waals surface area contributed by atoms with E-state index in [1.165, 1.54) is 116 Å². The van der Waals surface area contributed by atoms with E-state index < -0.39 is 0 Å². The van der Waals surface area contributed by atoms with Gasteiger partial charge in [0.05, 0.1) is 0 Å². The highest BCUT2D eigenvalue weighted by Crippen LogP contribution is 2.65. The topological polar surface area (TPSA) is 3.24 Å². The Kier molecular flexibility index (Phi) is 11.6. The summed E-state index contributed by atoms with van der Waals surface area (Å²) < 4.78 is 0. The van der Waals surface area contributed by atoms with Gasteiger partial charge < -0.3 is 4.90 Å². The SMILES string of the molecule is CN(C)[C@@H](c1cccc(P(C2CCCCC2)C2CCCCC2)c1)C1CCCC1P(C1CCCCC1)C1CCCCC1. The van der Waals surface area contributed by atoms with E-state index in [9.17, 15) is 0 Å². The van der Waals surface area contributed by atoms with Gasteiger partial charge in [-0.25, -0.2) is 0 Å². The van der Waals surface area contributed by atoms with Crippen molar-refractivity contribution in [2.24, 2.45) is 5.92 Å². The number of hydrogen-bond donors (Lipinski definition) is 0. The zero-order valence-corrected chi connectivity index (χ0v) is 28.7. The molecule has 0 amide bonds. The summed E-state index contributed by atoms with van der Waals surface area (Å²) in [4.78, 5) is 2.68. The first-order valence-electron chi connectivity index (χ1n) is 18.5. The minimum atomic E-state index is -0.0231. The summed E-state index contributed by atoms with van der Waals surface area (Å²) in [6.45, 7) is 0. The Labute approximate surface area is 257 Å². The molecule has 6 rings (SSSR count). The van der Waals surface area contributed by atoms with Crippen molar-refractivity contribution in [3.63, 3.8) is 0 Å². The molecule has 5 saturated carbocycles. The second-order valence-electron chi connectivity index (χ2n) is 15.2. The molecule has 1 aromatic rings. The average molecular weight is 596 g/mol. The third-order valence-electron chi connectivity index (χ3n) is 12.3. The van der Waals surface area contributed by atoms with Crippen LogP contribution in [0.25, 0.3) is 0 Å². The molecule has 5 fully saturated rings. The van der Waals surface area contributed by atoms with E-state index >= 15 is 0 Å². The lowest BCUT2D eigenvalue weighted by Gasteiger charge is -2.46. The molecule has 3 heteroatoms. The van der Waals surface area contributed by atoms with Crippen molar-refractivity contribution in [2.75, 3.05) is 14.1 Å². The van der Waals surface area contributed by atoms with Crippen molar-refractivity contribution in [2.45, 2.75) is 182 Å². The van der Waals surface area contributed by atoms with E-state index in [0.29, 0.717) is 6.04 Å². The van der Waals surface area contributed by atoms with Crippen LogP contribution in [0.3, 0.4) is 0 Å². The van der Waals surface area contributed by atoms with Gasteiger partial charge >= 0.3 is 0 Å². The molecule has 0 aliphatic heterocycles. The van der Waals surface area contributed by atoms with Crippen molar-refractivity contribution in [3.05, 3.63) is 29.8 Å². The van der Waals surface area contributed by atoms with E-state index in [1.807, 2.05) is 0 Å². The first-order chi connectivity index (χ1) is 20.2. The molecule has 5 aliphatic rings. The van der Waals surface area contributed by atoms with E-state index in [1.54, 1.807) is 43.0 Å². The molecular formula is C38H63NP2. The lowest BCUT2D eigenvalue weighted by molar-refractivity contribution is 0.215. The Hall–Kier alpha value is 0.0400. The third-order valence-corrected chi connectivity index (χ3v) is 19.9. The molecule has 230 valence electrons. The molecule has 0 bridgehead atoms. The van der Waals surface area contributed by atoms with Crippen LogP contribution in [0.4, 0.5) is 0 Å². The van der Waals surface area contributed by atoms with Crippen molar-refractivity contribution in [1.29, 1.82) is 0 Å². The summed E-state index contributed by atoms with van der Waals surface area (Å²) in [6.07, 6.45) is 34.9. The fraction of sp³-hybridized carbons (Fsp3) is 0.842. The highest BCUT2D eigenvalue weighted by Gasteiger charge is 2.45. The molecule has 0 saturated heterocycles. The van der Waals surface area contributed by atoms with Gasteiger partial charge in [0.15, 0.2) is 0 Å². The second-order valence-corrected chi connectivity index (χ2v) is 21.0. The van der Waals surface area contributed by atoms with Crippen molar-refractivity contribution >= 4 is 21.1 Å². The Balaban J connectivity index is 1.30. The van der Waals surface area contributed by atoms with Gasteiger partial charge in [0.25, 0.3) is 0 Å². The molecule has 0 radical (unpaired) electrons. The van der Waals surface area contributed by atoms with Crippen LogP contribution in [0.2, 0.25) is 0 Å². The van der Waals surface area contributed by atoms with Gasteiger partial charge in [-0.15, -0.1) is 0 Å². The molecule has 0 heterocycles. The fourth-order valence-corrected chi connectivity index (χ4v) is 19.2. The Bertz CT molecular complexity index is 871. The van der Waals surface area contributed by atoms with Gasteiger partial charge in [-0.1, -0.05) is 118 Å². The predicted octanol–water partition coefficient (Wildman–Crippen LogP) is 11.4.